The Morgan fingerprint density at radius 2 is 2.19 bits per heavy atom. The second-order valence-corrected chi connectivity index (χ2v) is 7.35. The van der Waals surface area contributed by atoms with Gasteiger partial charge in [-0.05, 0) is 39.3 Å². The normalized spacial score (nSPS) is 18.7. The molecular weight excluding hydrogens is 342 g/mol. The molecule has 144 valence electrons. The Labute approximate surface area is 159 Å². The van der Waals surface area contributed by atoms with Crippen LogP contribution in [0, 0.1) is 0 Å². The molecule has 4 rings (SSSR count). The number of ether oxygens (including phenoxy) is 2. The lowest BCUT2D eigenvalue weighted by Gasteiger charge is -2.28. The molecular formula is C21H27N3O3. The zero-order valence-electron chi connectivity index (χ0n) is 16.3. The summed E-state index contributed by atoms with van der Waals surface area (Å²) in [7, 11) is 0. The van der Waals surface area contributed by atoms with Crippen molar-refractivity contribution < 1.29 is 9.47 Å². The fourth-order valence-electron chi connectivity index (χ4n) is 4.01. The summed E-state index contributed by atoms with van der Waals surface area (Å²) in [5.74, 6) is 1.91. The van der Waals surface area contributed by atoms with Crippen molar-refractivity contribution in [3.05, 3.63) is 51.2 Å². The molecule has 0 spiro atoms. The van der Waals surface area contributed by atoms with Crippen molar-refractivity contribution in [3.63, 3.8) is 0 Å². The summed E-state index contributed by atoms with van der Waals surface area (Å²) < 4.78 is 13.5. The fraction of sp³-hybridized carbons (Fsp3) is 0.524. The summed E-state index contributed by atoms with van der Waals surface area (Å²) >= 11 is 0. The third kappa shape index (κ3) is 3.46. The van der Waals surface area contributed by atoms with Crippen LogP contribution in [0.15, 0.2) is 23.3 Å². The van der Waals surface area contributed by atoms with Crippen LogP contribution in [-0.2, 0) is 32.5 Å². The van der Waals surface area contributed by atoms with Gasteiger partial charge in [-0.2, -0.15) is 0 Å². The van der Waals surface area contributed by atoms with Gasteiger partial charge >= 0.3 is 0 Å². The number of hydrogen-bond acceptors (Lipinski definition) is 5. The molecule has 2 aromatic rings. The third-order valence-electron chi connectivity index (χ3n) is 5.39. The van der Waals surface area contributed by atoms with E-state index in [4.69, 9.17) is 9.47 Å². The molecule has 0 saturated carbocycles. The van der Waals surface area contributed by atoms with E-state index in [0.717, 1.165) is 54.3 Å². The van der Waals surface area contributed by atoms with Crippen LogP contribution in [0.25, 0.3) is 0 Å². The van der Waals surface area contributed by atoms with Gasteiger partial charge in [-0.15, -0.1) is 0 Å². The van der Waals surface area contributed by atoms with Crippen LogP contribution in [0.2, 0.25) is 0 Å². The molecule has 0 bridgehead atoms. The Morgan fingerprint density at radius 1 is 1.33 bits per heavy atom. The second kappa shape index (κ2) is 7.35. The molecule has 0 saturated heterocycles. The molecule has 1 aromatic heterocycles. The molecule has 0 N–H and O–H groups in total. The van der Waals surface area contributed by atoms with Gasteiger partial charge in [0, 0.05) is 49.3 Å². The maximum Gasteiger partial charge on any atom is 0.256 e. The topological polar surface area (TPSA) is 56.6 Å². The average Bonchev–Trinajstić information content (AvgIpc) is 3.01. The van der Waals surface area contributed by atoms with E-state index in [2.05, 4.69) is 28.9 Å². The zero-order chi connectivity index (χ0) is 19.0. The van der Waals surface area contributed by atoms with Gasteiger partial charge in [0.05, 0.1) is 18.6 Å². The van der Waals surface area contributed by atoms with Crippen molar-refractivity contribution >= 4 is 0 Å². The van der Waals surface area contributed by atoms with Crippen LogP contribution in [0.1, 0.15) is 43.2 Å². The molecule has 1 aromatic carbocycles. The van der Waals surface area contributed by atoms with Gasteiger partial charge in [0.25, 0.3) is 5.56 Å². The Kier molecular flexibility index (Phi) is 4.91. The Bertz CT molecular complexity index is 906. The fourth-order valence-corrected chi connectivity index (χ4v) is 4.01. The highest BCUT2D eigenvalue weighted by Crippen LogP contribution is 2.36. The Balaban J connectivity index is 1.57. The van der Waals surface area contributed by atoms with Gasteiger partial charge in [0.2, 0.25) is 0 Å². The average molecular weight is 369 g/mol. The summed E-state index contributed by atoms with van der Waals surface area (Å²) in [6, 6.07) is 4.26. The van der Waals surface area contributed by atoms with Gasteiger partial charge in [0.1, 0.15) is 17.6 Å². The number of fused-ring (bicyclic) bond motifs is 2. The molecule has 0 aliphatic carbocycles. The number of benzene rings is 1. The summed E-state index contributed by atoms with van der Waals surface area (Å²) in [6.07, 6.45) is 3.56. The number of aromatic nitrogens is 2. The number of aryl methyl sites for hydroxylation is 1. The van der Waals surface area contributed by atoms with Gasteiger partial charge in [-0.1, -0.05) is 0 Å². The van der Waals surface area contributed by atoms with Crippen LogP contribution in [0.3, 0.4) is 0 Å². The smallest absolute Gasteiger partial charge is 0.256 e. The lowest BCUT2D eigenvalue weighted by atomic mass is 10.0. The molecule has 0 fully saturated rings. The molecule has 1 unspecified atom stereocenters. The Morgan fingerprint density at radius 3 is 2.96 bits per heavy atom. The van der Waals surface area contributed by atoms with Crippen molar-refractivity contribution in [1.82, 2.24) is 14.5 Å². The highest BCUT2D eigenvalue weighted by Gasteiger charge is 2.25. The second-order valence-electron chi connectivity index (χ2n) is 7.35. The minimum absolute atomic E-state index is 0.108. The first-order valence-corrected chi connectivity index (χ1v) is 9.83. The van der Waals surface area contributed by atoms with E-state index in [1.807, 2.05) is 13.8 Å². The van der Waals surface area contributed by atoms with Crippen molar-refractivity contribution in [3.8, 4) is 11.5 Å². The van der Waals surface area contributed by atoms with Crippen molar-refractivity contribution in [1.29, 1.82) is 0 Å². The Hall–Kier alpha value is -2.34. The zero-order valence-corrected chi connectivity index (χ0v) is 16.3. The maximum absolute atomic E-state index is 12.5. The number of hydrogen-bond donors (Lipinski definition) is 0. The minimum atomic E-state index is 0.108. The monoisotopic (exact) mass is 369 g/mol. The van der Waals surface area contributed by atoms with E-state index in [1.165, 1.54) is 5.56 Å². The predicted molar refractivity (Wildman–Crippen MR) is 103 cm³/mol. The van der Waals surface area contributed by atoms with Gasteiger partial charge < -0.3 is 9.47 Å². The standard InChI is InChI=1S/C21H27N3O3/c1-4-24-13-22-18-12-23(7-6-17(18)21(24)25)11-16-10-20-15(8-14(3)27-20)9-19(16)26-5-2/h9-10,13-14H,4-8,11-12H2,1-3H3. The van der Waals surface area contributed by atoms with E-state index < -0.39 is 0 Å². The summed E-state index contributed by atoms with van der Waals surface area (Å²) in [6.45, 7) is 9.67. The molecule has 2 aliphatic rings. The summed E-state index contributed by atoms with van der Waals surface area (Å²) in [5.41, 5.74) is 4.24. The first-order chi connectivity index (χ1) is 13.1. The van der Waals surface area contributed by atoms with E-state index in [-0.39, 0.29) is 11.7 Å². The van der Waals surface area contributed by atoms with Gasteiger partial charge in [-0.25, -0.2) is 4.98 Å². The number of nitrogens with zero attached hydrogens (tertiary/aromatic N) is 3. The highest BCUT2D eigenvalue weighted by molar-refractivity contribution is 5.48. The van der Waals surface area contributed by atoms with E-state index >= 15 is 0 Å². The molecule has 0 amide bonds. The van der Waals surface area contributed by atoms with Crippen LogP contribution in [-0.4, -0.2) is 33.7 Å². The first kappa shape index (κ1) is 18.0. The van der Waals surface area contributed by atoms with Crippen molar-refractivity contribution in [2.75, 3.05) is 13.2 Å². The summed E-state index contributed by atoms with van der Waals surface area (Å²) in [5, 5.41) is 0. The highest BCUT2D eigenvalue weighted by atomic mass is 16.5. The predicted octanol–water partition coefficient (Wildman–Crippen LogP) is 2.54. The molecule has 3 heterocycles. The van der Waals surface area contributed by atoms with Crippen molar-refractivity contribution in [2.45, 2.75) is 59.4 Å². The van der Waals surface area contributed by atoms with E-state index in [9.17, 15) is 4.79 Å². The van der Waals surface area contributed by atoms with E-state index in [0.29, 0.717) is 19.7 Å². The molecule has 27 heavy (non-hydrogen) atoms. The largest absolute Gasteiger partial charge is 0.494 e. The van der Waals surface area contributed by atoms with Gasteiger partial charge in [-0.3, -0.25) is 14.3 Å². The van der Waals surface area contributed by atoms with Crippen LogP contribution >= 0.6 is 0 Å². The van der Waals surface area contributed by atoms with Gasteiger partial charge in [0.15, 0.2) is 0 Å². The quantitative estimate of drug-likeness (QED) is 0.811. The van der Waals surface area contributed by atoms with Crippen LogP contribution in [0.4, 0.5) is 0 Å². The van der Waals surface area contributed by atoms with Crippen LogP contribution < -0.4 is 15.0 Å². The molecule has 0 radical (unpaired) electrons. The SMILES string of the molecule is CCOc1cc2c(cc1CN1CCc3c(ncn(CC)c3=O)C1)OC(C)C2. The van der Waals surface area contributed by atoms with E-state index in [1.54, 1.807) is 10.9 Å². The molecule has 6 heteroatoms. The molecule has 2 aliphatic heterocycles. The third-order valence-corrected chi connectivity index (χ3v) is 5.39. The summed E-state index contributed by atoms with van der Waals surface area (Å²) in [4.78, 5) is 19.3. The lowest BCUT2D eigenvalue weighted by Crippen LogP contribution is -2.36. The lowest BCUT2D eigenvalue weighted by molar-refractivity contribution is 0.232. The maximum atomic E-state index is 12.5. The van der Waals surface area contributed by atoms with Crippen molar-refractivity contribution in [2.24, 2.45) is 0 Å². The minimum Gasteiger partial charge on any atom is -0.494 e. The number of rotatable bonds is 5. The molecule has 1 atom stereocenters. The first-order valence-electron chi connectivity index (χ1n) is 9.83. The van der Waals surface area contributed by atoms with Crippen LogP contribution in [0.5, 0.6) is 11.5 Å². The molecule has 6 nitrogen and oxygen atoms in total.